The molecule has 1 saturated carbocycles. The molecule has 0 aromatic heterocycles. The van der Waals surface area contributed by atoms with E-state index in [0.717, 1.165) is 23.0 Å². The minimum absolute atomic E-state index is 0. The fourth-order valence-electron chi connectivity index (χ4n) is 3.45. The van der Waals surface area contributed by atoms with Gasteiger partial charge in [0.15, 0.2) is 15.8 Å². The van der Waals surface area contributed by atoms with E-state index >= 15 is 0 Å². The number of hydrogen-bond donors (Lipinski definition) is 2. The average molecular weight is 512 g/mol. The molecule has 0 amide bonds. The first-order valence-electron chi connectivity index (χ1n) is 9.00. The molecule has 0 spiro atoms. The standard InChI is InChI=1S/C18H26ClN3O2S.HI/c19-16-7-5-14(6-8-16)11-20-18(22-17-3-1-2-4-17)21-12-15-9-10-25(23,24)13-15;/h5-8,15,17H,1-4,9-13H2,(H2,20,21,22);1H. The van der Waals surface area contributed by atoms with E-state index in [1.165, 1.54) is 25.7 Å². The predicted molar refractivity (Wildman–Crippen MR) is 118 cm³/mol. The highest BCUT2D eigenvalue weighted by molar-refractivity contribution is 14.0. The summed E-state index contributed by atoms with van der Waals surface area (Å²) in [5.41, 5.74) is 1.10. The van der Waals surface area contributed by atoms with Crippen molar-refractivity contribution in [1.82, 2.24) is 10.6 Å². The molecule has 0 bridgehead atoms. The van der Waals surface area contributed by atoms with Gasteiger partial charge < -0.3 is 10.6 Å². The average Bonchev–Trinajstić information content (AvgIpc) is 3.20. The van der Waals surface area contributed by atoms with Crippen molar-refractivity contribution in [2.24, 2.45) is 10.9 Å². The summed E-state index contributed by atoms with van der Waals surface area (Å²) in [4.78, 5) is 4.69. The molecular formula is C18H27ClIN3O2S. The van der Waals surface area contributed by atoms with Crippen LogP contribution >= 0.6 is 35.6 Å². The van der Waals surface area contributed by atoms with Gasteiger partial charge in [-0.25, -0.2) is 13.4 Å². The molecule has 5 nitrogen and oxygen atoms in total. The van der Waals surface area contributed by atoms with Crippen molar-refractivity contribution in [3.8, 4) is 0 Å². The summed E-state index contributed by atoms with van der Waals surface area (Å²) in [5.74, 6) is 1.56. The smallest absolute Gasteiger partial charge is 0.191 e. The van der Waals surface area contributed by atoms with Gasteiger partial charge in [0.1, 0.15) is 0 Å². The topological polar surface area (TPSA) is 70.6 Å². The number of aliphatic imine (C=N–C) groups is 1. The third-order valence-corrected chi connectivity index (χ3v) is 7.00. The van der Waals surface area contributed by atoms with Crippen molar-refractivity contribution >= 4 is 51.4 Å². The molecule has 3 rings (SSSR count). The predicted octanol–water partition coefficient (Wildman–Crippen LogP) is 3.37. The highest BCUT2D eigenvalue weighted by Crippen LogP contribution is 2.19. The molecule has 2 N–H and O–H groups in total. The van der Waals surface area contributed by atoms with E-state index in [2.05, 4.69) is 15.6 Å². The van der Waals surface area contributed by atoms with Crippen LogP contribution in [0.1, 0.15) is 37.7 Å². The molecule has 26 heavy (non-hydrogen) atoms. The molecule has 1 aromatic rings. The van der Waals surface area contributed by atoms with E-state index in [-0.39, 0.29) is 35.6 Å². The number of guanidine groups is 1. The SMILES string of the molecule is I.O=S1(=O)CCC(CNC(=NCc2ccc(Cl)cc2)NC2CCCC2)C1. The Morgan fingerprint density at radius 2 is 1.85 bits per heavy atom. The summed E-state index contributed by atoms with van der Waals surface area (Å²) in [5, 5.41) is 7.58. The van der Waals surface area contributed by atoms with Crippen LogP contribution < -0.4 is 10.6 Å². The Kier molecular flexibility index (Phi) is 8.47. The lowest BCUT2D eigenvalue weighted by Gasteiger charge is -2.19. The Labute approximate surface area is 178 Å². The van der Waals surface area contributed by atoms with E-state index in [0.29, 0.717) is 24.9 Å². The first-order chi connectivity index (χ1) is 12.0. The first kappa shape index (κ1) is 21.8. The molecule has 2 fully saturated rings. The molecular weight excluding hydrogens is 485 g/mol. The van der Waals surface area contributed by atoms with Crippen LogP contribution in [0.5, 0.6) is 0 Å². The lowest BCUT2D eigenvalue weighted by atomic mass is 10.1. The number of rotatable bonds is 5. The fourth-order valence-corrected chi connectivity index (χ4v) is 5.44. The van der Waals surface area contributed by atoms with Crippen molar-refractivity contribution in [2.45, 2.75) is 44.7 Å². The van der Waals surface area contributed by atoms with Crippen LogP contribution in [-0.2, 0) is 16.4 Å². The van der Waals surface area contributed by atoms with Crippen molar-refractivity contribution in [2.75, 3.05) is 18.1 Å². The van der Waals surface area contributed by atoms with E-state index in [1.54, 1.807) is 0 Å². The van der Waals surface area contributed by atoms with E-state index in [1.807, 2.05) is 24.3 Å². The van der Waals surface area contributed by atoms with Crippen LogP contribution in [0.4, 0.5) is 0 Å². The summed E-state index contributed by atoms with van der Waals surface area (Å²) in [6.07, 6.45) is 5.58. The van der Waals surface area contributed by atoms with Crippen LogP contribution in [0, 0.1) is 5.92 Å². The van der Waals surface area contributed by atoms with E-state index in [4.69, 9.17) is 11.6 Å². The maximum Gasteiger partial charge on any atom is 0.191 e. The van der Waals surface area contributed by atoms with Gasteiger partial charge in [0.25, 0.3) is 0 Å². The van der Waals surface area contributed by atoms with Crippen LogP contribution in [0.15, 0.2) is 29.3 Å². The number of benzene rings is 1. The summed E-state index contributed by atoms with van der Waals surface area (Å²) in [6.45, 7) is 1.22. The highest BCUT2D eigenvalue weighted by atomic mass is 127. The van der Waals surface area contributed by atoms with E-state index < -0.39 is 9.84 Å². The number of sulfone groups is 1. The van der Waals surface area contributed by atoms with Crippen molar-refractivity contribution < 1.29 is 8.42 Å². The summed E-state index contributed by atoms with van der Waals surface area (Å²) in [6, 6.07) is 8.15. The quantitative estimate of drug-likeness (QED) is 0.361. The molecule has 1 heterocycles. The second-order valence-corrected chi connectivity index (χ2v) is 9.73. The first-order valence-corrected chi connectivity index (χ1v) is 11.2. The second-order valence-electron chi connectivity index (χ2n) is 7.07. The van der Waals surface area contributed by atoms with Gasteiger partial charge in [-0.2, -0.15) is 0 Å². The van der Waals surface area contributed by atoms with Crippen molar-refractivity contribution in [3.63, 3.8) is 0 Å². The Morgan fingerprint density at radius 3 is 2.46 bits per heavy atom. The number of hydrogen-bond acceptors (Lipinski definition) is 3. The molecule has 2 aliphatic rings. The summed E-state index contributed by atoms with van der Waals surface area (Å²) in [7, 11) is -2.84. The monoisotopic (exact) mass is 511 g/mol. The van der Waals surface area contributed by atoms with Gasteiger partial charge in [0.05, 0.1) is 18.1 Å². The molecule has 1 saturated heterocycles. The van der Waals surface area contributed by atoms with Gasteiger partial charge >= 0.3 is 0 Å². The molecule has 146 valence electrons. The number of halogens is 2. The summed E-state index contributed by atoms with van der Waals surface area (Å²) < 4.78 is 23.2. The summed E-state index contributed by atoms with van der Waals surface area (Å²) >= 11 is 5.92. The Bertz CT molecular complexity index is 704. The largest absolute Gasteiger partial charge is 0.356 e. The Balaban J connectivity index is 0.00000243. The zero-order valence-corrected chi connectivity index (χ0v) is 18.7. The Morgan fingerprint density at radius 1 is 1.15 bits per heavy atom. The third-order valence-electron chi connectivity index (χ3n) is 4.91. The van der Waals surface area contributed by atoms with Gasteiger partial charge in [0.2, 0.25) is 0 Å². The molecule has 1 atom stereocenters. The normalized spacial score (nSPS) is 22.8. The number of nitrogens with one attached hydrogen (secondary N) is 2. The van der Waals surface area contributed by atoms with Gasteiger partial charge in [0, 0.05) is 17.6 Å². The van der Waals surface area contributed by atoms with Crippen LogP contribution in [-0.4, -0.2) is 38.5 Å². The highest BCUT2D eigenvalue weighted by Gasteiger charge is 2.28. The van der Waals surface area contributed by atoms with Gasteiger partial charge in [-0.15, -0.1) is 24.0 Å². The maximum atomic E-state index is 11.6. The molecule has 0 radical (unpaired) electrons. The molecule has 1 aliphatic carbocycles. The third kappa shape index (κ3) is 6.88. The minimum atomic E-state index is -2.84. The van der Waals surface area contributed by atoms with Gasteiger partial charge in [-0.1, -0.05) is 36.6 Å². The van der Waals surface area contributed by atoms with Crippen LogP contribution in [0.3, 0.4) is 0 Å². The molecule has 1 aromatic carbocycles. The lowest BCUT2D eigenvalue weighted by Crippen LogP contribution is -2.44. The van der Waals surface area contributed by atoms with Crippen LogP contribution in [0.25, 0.3) is 0 Å². The molecule has 1 unspecified atom stereocenters. The van der Waals surface area contributed by atoms with Crippen molar-refractivity contribution in [1.29, 1.82) is 0 Å². The van der Waals surface area contributed by atoms with Gasteiger partial charge in [-0.3, -0.25) is 0 Å². The minimum Gasteiger partial charge on any atom is -0.356 e. The lowest BCUT2D eigenvalue weighted by molar-refractivity contribution is 0.553. The number of nitrogens with zero attached hydrogens (tertiary/aromatic N) is 1. The zero-order valence-electron chi connectivity index (χ0n) is 14.8. The molecule has 1 aliphatic heterocycles. The maximum absolute atomic E-state index is 11.6. The second kappa shape index (κ2) is 10.1. The molecule has 8 heteroatoms. The van der Waals surface area contributed by atoms with Gasteiger partial charge in [-0.05, 0) is 42.9 Å². The Hall–Kier alpha value is -0.540. The van der Waals surface area contributed by atoms with E-state index in [9.17, 15) is 8.42 Å². The van der Waals surface area contributed by atoms with Crippen molar-refractivity contribution in [3.05, 3.63) is 34.9 Å². The zero-order chi connectivity index (χ0) is 17.7. The fraction of sp³-hybridized carbons (Fsp3) is 0.611. The van der Waals surface area contributed by atoms with Crippen LogP contribution in [0.2, 0.25) is 5.02 Å².